The van der Waals surface area contributed by atoms with E-state index in [1.54, 1.807) is 24.3 Å². The summed E-state index contributed by atoms with van der Waals surface area (Å²) in [7, 11) is -1.96. The summed E-state index contributed by atoms with van der Waals surface area (Å²) >= 11 is 0. The smallest absolute Gasteiger partial charge is 0.243 e. The van der Waals surface area contributed by atoms with Gasteiger partial charge in [-0.3, -0.25) is 0 Å². The van der Waals surface area contributed by atoms with Gasteiger partial charge < -0.3 is 10.5 Å². The fourth-order valence-electron chi connectivity index (χ4n) is 2.42. The number of ether oxygens (including phenoxy) is 1. The molecule has 0 aliphatic carbocycles. The van der Waals surface area contributed by atoms with Crippen LogP contribution in [-0.2, 0) is 10.0 Å². The van der Waals surface area contributed by atoms with Crippen molar-refractivity contribution in [2.24, 2.45) is 5.73 Å². The summed E-state index contributed by atoms with van der Waals surface area (Å²) in [6.07, 6.45) is 2.76. The van der Waals surface area contributed by atoms with Crippen molar-refractivity contribution < 1.29 is 13.2 Å². The predicted molar refractivity (Wildman–Crippen MR) is 73.6 cm³/mol. The Morgan fingerprint density at radius 1 is 1.42 bits per heavy atom. The quantitative estimate of drug-likeness (QED) is 0.901. The number of nitrogens with two attached hydrogens (primary N) is 1. The van der Waals surface area contributed by atoms with Crippen LogP contribution in [0.1, 0.15) is 19.3 Å². The molecule has 19 heavy (non-hydrogen) atoms. The predicted octanol–water partition coefficient (Wildman–Crippen LogP) is 1.20. The van der Waals surface area contributed by atoms with E-state index in [1.807, 2.05) is 0 Å². The molecule has 0 spiro atoms. The number of nitrogens with zero attached hydrogens (tertiary/aromatic N) is 1. The highest BCUT2D eigenvalue weighted by atomic mass is 32.2. The standard InChI is InChI=1S/C13H20N2O3S/c1-18-12-6-4-7-13(9-12)19(16,17)15-8-3-2-5-11(15)10-14/h4,6-7,9,11H,2-3,5,8,10,14H2,1H3. The van der Waals surface area contributed by atoms with Gasteiger partial charge in [-0.25, -0.2) is 8.42 Å². The minimum Gasteiger partial charge on any atom is -0.497 e. The molecule has 5 nitrogen and oxygen atoms in total. The molecule has 1 aromatic carbocycles. The van der Waals surface area contributed by atoms with Gasteiger partial charge in [0.05, 0.1) is 12.0 Å². The minimum absolute atomic E-state index is 0.0926. The second-order valence-corrected chi connectivity index (χ2v) is 6.57. The normalized spacial score (nSPS) is 21.3. The van der Waals surface area contributed by atoms with Gasteiger partial charge in [0.2, 0.25) is 10.0 Å². The van der Waals surface area contributed by atoms with Crippen LogP contribution in [0.4, 0.5) is 0 Å². The molecule has 1 aliphatic heterocycles. The minimum atomic E-state index is -3.48. The van der Waals surface area contributed by atoms with Crippen LogP contribution in [0.15, 0.2) is 29.2 Å². The van der Waals surface area contributed by atoms with Gasteiger partial charge in [0.15, 0.2) is 0 Å². The Bertz CT molecular complexity index is 530. The average Bonchev–Trinajstić information content (AvgIpc) is 2.47. The molecule has 0 aromatic heterocycles. The molecule has 1 heterocycles. The lowest BCUT2D eigenvalue weighted by molar-refractivity contribution is 0.257. The summed E-state index contributed by atoms with van der Waals surface area (Å²) in [4.78, 5) is 0.271. The molecule has 1 unspecified atom stereocenters. The number of benzene rings is 1. The molecule has 1 saturated heterocycles. The van der Waals surface area contributed by atoms with Gasteiger partial charge in [-0.2, -0.15) is 4.31 Å². The maximum absolute atomic E-state index is 12.6. The first-order valence-corrected chi connectivity index (χ1v) is 7.89. The third-order valence-corrected chi connectivity index (χ3v) is 5.44. The van der Waals surface area contributed by atoms with E-state index >= 15 is 0 Å². The third kappa shape index (κ3) is 2.91. The Balaban J connectivity index is 2.34. The average molecular weight is 284 g/mol. The largest absolute Gasteiger partial charge is 0.497 e. The van der Waals surface area contributed by atoms with Gasteiger partial charge in [-0.05, 0) is 25.0 Å². The van der Waals surface area contributed by atoms with E-state index in [1.165, 1.54) is 11.4 Å². The molecule has 6 heteroatoms. The lowest BCUT2D eigenvalue weighted by Crippen LogP contribution is -2.47. The highest BCUT2D eigenvalue weighted by Crippen LogP contribution is 2.26. The van der Waals surface area contributed by atoms with Crippen LogP contribution in [0.3, 0.4) is 0 Å². The monoisotopic (exact) mass is 284 g/mol. The van der Waals surface area contributed by atoms with Crippen LogP contribution in [-0.4, -0.2) is 39.0 Å². The first-order valence-electron chi connectivity index (χ1n) is 6.45. The van der Waals surface area contributed by atoms with Gasteiger partial charge in [-0.1, -0.05) is 12.5 Å². The van der Waals surface area contributed by atoms with Gasteiger partial charge in [0.1, 0.15) is 5.75 Å². The molecule has 0 radical (unpaired) electrons. The fraction of sp³-hybridized carbons (Fsp3) is 0.538. The topological polar surface area (TPSA) is 72.6 Å². The zero-order valence-corrected chi connectivity index (χ0v) is 11.9. The molecule has 0 saturated carbocycles. The van der Waals surface area contributed by atoms with Crippen molar-refractivity contribution in [1.29, 1.82) is 0 Å². The number of methoxy groups -OCH3 is 1. The van der Waals surface area contributed by atoms with E-state index in [4.69, 9.17) is 10.5 Å². The molecule has 1 aliphatic rings. The highest BCUT2D eigenvalue weighted by molar-refractivity contribution is 7.89. The van der Waals surface area contributed by atoms with E-state index < -0.39 is 10.0 Å². The maximum Gasteiger partial charge on any atom is 0.243 e. The third-order valence-electron chi connectivity index (χ3n) is 3.49. The van der Waals surface area contributed by atoms with Gasteiger partial charge >= 0.3 is 0 Å². The van der Waals surface area contributed by atoms with Crippen molar-refractivity contribution in [3.05, 3.63) is 24.3 Å². The van der Waals surface area contributed by atoms with E-state index in [-0.39, 0.29) is 10.9 Å². The zero-order chi connectivity index (χ0) is 13.9. The van der Waals surface area contributed by atoms with Crippen molar-refractivity contribution in [2.75, 3.05) is 20.2 Å². The van der Waals surface area contributed by atoms with Crippen molar-refractivity contribution in [3.63, 3.8) is 0 Å². The molecule has 1 aromatic rings. The number of rotatable bonds is 4. The second kappa shape index (κ2) is 5.90. The Morgan fingerprint density at radius 3 is 2.89 bits per heavy atom. The van der Waals surface area contributed by atoms with Crippen molar-refractivity contribution in [3.8, 4) is 5.75 Å². The molecule has 0 bridgehead atoms. The number of piperidine rings is 1. The summed E-state index contributed by atoms with van der Waals surface area (Å²) < 4.78 is 31.9. The van der Waals surface area contributed by atoms with Gasteiger partial charge in [0, 0.05) is 25.2 Å². The van der Waals surface area contributed by atoms with Crippen molar-refractivity contribution in [2.45, 2.75) is 30.2 Å². The van der Waals surface area contributed by atoms with Crippen LogP contribution < -0.4 is 10.5 Å². The second-order valence-electron chi connectivity index (χ2n) is 4.68. The van der Waals surface area contributed by atoms with Crippen LogP contribution in [0.5, 0.6) is 5.75 Å². The van der Waals surface area contributed by atoms with Gasteiger partial charge in [-0.15, -0.1) is 0 Å². The van der Waals surface area contributed by atoms with E-state index in [9.17, 15) is 8.42 Å². The summed E-state index contributed by atoms with van der Waals surface area (Å²) in [5.74, 6) is 0.544. The molecule has 0 amide bonds. The number of hydrogen-bond donors (Lipinski definition) is 1. The molecule has 2 rings (SSSR count). The number of hydrogen-bond acceptors (Lipinski definition) is 4. The van der Waals surface area contributed by atoms with E-state index in [2.05, 4.69) is 0 Å². The van der Waals surface area contributed by atoms with E-state index in [0.29, 0.717) is 18.8 Å². The van der Waals surface area contributed by atoms with Crippen molar-refractivity contribution in [1.82, 2.24) is 4.31 Å². The van der Waals surface area contributed by atoms with Crippen molar-refractivity contribution >= 4 is 10.0 Å². The SMILES string of the molecule is COc1cccc(S(=O)(=O)N2CCCCC2CN)c1. The summed E-state index contributed by atoms with van der Waals surface area (Å²) in [5, 5.41) is 0. The molecule has 1 atom stereocenters. The summed E-state index contributed by atoms with van der Waals surface area (Å²) in [6, 6.07) is 6.48. The Labute approximate surface area is 114 Å². The molecule has 1 fully saturated rings. The molecular formula is C13H20N2O3S. The number of sulfonamides is 1. The fourth-order valence-corrected chi connectivity index (χ4v) is 4.16. The lowest BCUT2D eigenvalue weighted by Gasteiger charge is -2.33. The maximum atomic E-state index is 12.6. The summed E-state index contributed by atoms with van der Waals surface area (Å²) in [5.41, 5.74) is 5.69. The Morgan fingerprint density at radius 2 is 2.21 bits per heavy atom. The van der Waals surface area contributed by atoms with Crippen LogP contribution in [0.25, 0.3) is 0 Å². The Kier molecular flexibility index (Phi) is 4.44. The first-order chi connectivity index (χ1) is 9.09. The van der Waals surface area contributed by atoms with Crippen LogP contribution in [0, 0.1) is 0 Å². The Hall–Kier alpha value is -1.11. The first kappa shape index (κ1) is 14.3. The molecule has 2 N–H and O–H groups in total. The lowest BCUT2D eigenvalue weighted by atomic mass is 10.1. The molecular weight excluding hydrogens is 264 g/mol. The van der Waals surface area contributed by atoms with E-state index in [0.717, 1.165) is 19.3 Å². The molecule has 106 valence electrons. The van der Waals surface area contributed by atoms with Crippen LogP contribution >= 0.6 is 0 Å². The van der Waals surface area contributed by atoms with Crippen LogP contribution in [0.2, 0.25) is 0 Å². The summed E-state index contributed by atoms with van der Waals surface area (Å²) in [6.45, 7) is 0.907. The highest BCUT2D eigenvalue weighted by Gasteiger charge is 2.32. The van der Waals surface area contributed by atoms with Gasteiger partial charge in [0.25, 0.3) is 0 Å². The zero-order valence-electron chi connectivity index (χ0n) is 11.1.